The van der Waals surface area contributed by atoms with Gasteiger partial charge in [-0.2, -0.15) is 0 Å². The van der Waals surface area contributed by atoms with Crippen LogP contribution in [0.5, 0.6) is 0 Å². The summed E-state index contributed by atoms with van der Waals surface area (Å²) in [4.78, 5) is 27.5. The van der Waals surface area contributed by atoms with E-state index in [1.165, 1.54) is 4.88 Å². The van der Waals surface area contributed by atoms with Crippen molar-refractivity contribution in [2.24, 2.45) is 11.3 Å². The SMILES string of the molecule is Cc1ccc(NC(=O)c2c(NC(=O)CNCc3ccccc3)sc3c2CC[C@@H](C(C)(C)C)C3)cc1. The smallest absolute Gasteiger partial charge is 0.258 e. The quantitative estimate of drug-likeness (QED) is 0.371. The molecule has 1 aliphatic rings. The van der Waals surface area contributed by atoms with Crippen LogP contribution >= 0.6 is 11.3 Å². The van der Waals surface area contributed by atoms with Crippen molar-refractivity contribution in [3.63, 3.8) is 0 Å². The van der Waals surface area contributed by atoms with E-state index in [0.29, 0.717) is 23.0 Å². The molecule has 0 radical (unpaired) electrons. The zero-order chi connectivity index (χ0) is 25.0. The van der Waals surface area contributed by atoms with Gasteiger partial charge < -0.3 is 16.0 Å². The predicted octanol–water partition coefficient (Wildman–Crippen LogP) is 6.19. The number of carbonyl (C=O) groups excluding carboxylic acids is 2. The molecule has 0 spiro atoms. The molecule has 3 aromatic rings. The van der Waals surface area contributed by atoms with E-state index in [4.69, 9.17) is 0 Å². The monoisotopic (exact) mass is 489 g/mol. The van der Waals surface area contributed by atoms with Crippen molar-refractivity contribution in [1.82, 2.24) is 5.32 Å². The van der Waals surface area contributed by atoms with Gasteiger partial charge in [0.15, 0.2) is 0 Å². The zero-order valence-electron chi connectivity index (χ0n) is 21.0. The van der Waals surface area contributed by atoms with Gasteiger partial charge >= 0.3 is 0 Å². The largest absolute Gasteiger partial charge is 0.322 e. The summed E-state index contributed by atoms with van der Waals surface area (Å²) in [6, 6.07) is 17.8. The second-order valence-electron chi connectivity index (χ2n) is 10.5. The molecular formula is C29H35N3O2S. The average molecular weight is 490 g/mol. The summed E-state index contributed by atoms with van der Waals surface area (Å²) in [6.07, 6.45) is 2.84. The molecule has 2 amide bonds. The fourth-order valence-electron chi connectivity index (χ4n) is 4.57. The van der Waals surface area contributed by atoms with Crippen LogP contribution in [-0.4, -0.2) is 18.4 Å². The predicted molar refractivity (Wildman–Crippen MR) is 145 cm³/mol. The molecule has 35 heavy (non-hydrogen) atoms. The molecule has 0 saturated carbocycles. The van der Waals surface area contributed by atoms with E-state index >= 15 is 0 Å². The van der Waals surface area contributed by atoms with Crippen LogP contribution in [-0.2, 0) is 24.2 Å². The Morgan fingerprint density at radius 2 is 1.71 bits per heavy atom. The third-order valence-electron chi connectivity index (χ3n) is 6.74. The Morgan fingerprint density at radius 3 is 2.40 bits per heavy atom. The van der Waals surface area contributed by atoms with Crippen molar-refractivity contribution in [2.45, 2.75) is 53.5 Å². The Labute approximate surface area is 212 Å². The van der Waals surface area contributed by atoms with Gasteiger partial charge in [0.05, 0.1) is 12.1 Å². The summed E-state index contributed by atoms with van der Waals surface area (Å²) in [5, 5.41) is 9.93. The number of thiophene rings is 1. The molecule has 1 aromatic heterocycles. The van der Waals surface area contributed by atoms with Crippen LogP contribution in [0.15, 0.2) is 54.6 Å². The van der Waals surface area contributed by atoms with Crippen LogP contribution in [0.4, 0.5) is 10.7 Å². The number of benzene rings is 2. The van der Waals surface area contributed by atoms with Crippen molar-refractivity contribution >= 4 is 33.8 Å². The molecule has 5 nitrogen and oxygen atoms in total. The highest BCUT2D eigenvalue weighted by molar-refractivity contribution is 7.17. The molecule has 6 heteroatoms. The first kappa shape index (κ1) is 25.1. The number of aryl methyl sites for hydroxylation is 1. The Kier molecular flexibility index (Phi) is 7.72. The third-order valence-corrected chi connectivity index (χ3v) is 7.91. The first-order valence-electron chi connectivity index (χ1n) is 12.3. The van der Waals surface area contributed by atoms with Gasteiger partial charge in [0, 0.05) is 17.1 Å². The lowest BCUT2D eigenvalue weighted by molar-refractivity contribution is -0.115. The number of fused-ring (bicyclic) bond motifs is 1. The summed E-state index contributed by atoms with van der Waals surface area (Å²) >= 11 is 1.56. The summed E-state index contributed by atoms with van der Waals surface area (Å²) in [5.41, 5.74) is 4.93. The molecule has 1 atom stereocenters. The maximum Gasteiger partial charge on any atom is 0.258 e. The lowest BCUT2D eigenvalue weighted by atomic mass is 9.72. The zero-order valence-corrected chi connectivity index (χ0v) is 21.9. The first-order valence-corrected chi connectivity index (χ1v) is 13.1. The average Bonchev–Trinajstić information content (AvgIpc) is 3.17. The van der Waals surface area contributed by atoms with Crippen molar-refractivity contribution < 1.29 is 9.59 Å². The molecule has 0 saturated heterocycles. The van der Waals surface area contributed by atoms with Crippen LogP contribution in [0.1, 0.15) is 59.1 Å². The van der Waals surface area contributed by atoms with Gasteiger partial charge in [-0.3, -0.25) is 9.59 Å². The van der Waals surface area contributed by atoms with Crippen molar-refractivity contribution in [3.05, 3.63) is 81.7 Å². The second kappa shape index (κ2) is 10.8. The third kappa shape index (κ3) is 6.38. The lowest BCUT2D eigenvalue weighted by Crippen LogP contribution is -2.28. The molecule has 1 heterocycles. The van der Waals surface area contributed by atoms with Gasteiger partial charge in [0.25, 0.3) is 5.91 Å². The van der Waals surface area contributed by atoms with E-state index in [2.05, 4.69) is 36.7 Å². The van der Waals surface area contributed by atoms with E-state index in [1.54, 1.807) is 11.3 Å². The normalized spacial score (nSPS) is 15.4. The molecular weight excluding hydrogens is 454 g/mol. The van der Waals surface area contributed by atoms with Crippen molar-refractivity contribution in [2.75, 3.05) is 17.2 Å². The summed E-state index contributed by atoms with van der Waals surface area (Å²) in [5.74, 6) is 0.252. The Balaban J connectivity index is 1.52. The summed E-state index contributed by atoms with van der Waals surface area (Å²) < 4.78 is 0. The van der Waals surface area contributed by atoms with Crippen LogP contribution in [0.3, 0.4) is 0 Å². The number of rotatable bonds is 7. The highest BCUT2D eigenvalue weighted by atomic mass is 32.1. The minimum absolute atomic E-state index is 0.142. The molecule has 0 fully saturated rings. The summed E-state index contributed by atoms with van der Waals surface area (Å²) in [6.45, 7) is 9.66. The minimum Gasteiger partial charge on any atom is -0.322 e. The second-order valence-corrected chi connectivity index (χ2v) is 11.6. The molecule has 4 rings (SSSR count). The van der Waals surface area contributed by atoms with Gasteiger partial charge in [0.1, 0.15) is 5.00 Å². The van der Waals surface area contributed by atoms with Crippen molar-refractivity contribution in [3.8, 4) is 0 Å². The van der Waals surface area contributed by atoms with Crippen LogP contribution in [0.25, 0.3) is 0 Å². The molecule has 1 aliphatic carbocycles. The topological polar surface area (TPSA) is 70.2 Å². The summed E-state index contributed by atoms with van der Waals surface area (Å²) in [7, 11) is 0. The Morgan fingerprint density at radius 1 is 1.00 bits per heavy atom. The molecule has 2 aromatic carbocycles. The maximum atomic E-state index is 13.4. The highest BCUT2D eigenvalue weighted by Crippen LogP contribution is 2.44. The van der Waals surface area contributed by atoms with Gasteiger partial charge in [-0.1, -0.05) is 68.8 Å². The lowest BCUT2D eigenvalue weighted by Gasteiger charge is -2.33. The maximum absolute atomic E-state index is 13.4. The van der Waals surface area contributed by atoms with Gasteiger partial charge in [-0.15, -0.1) is 11.3 Å². The van der Waals surface area contributed by atoms with E-state index in [-0.39, 0.29) is 23.8 Å². The molecule has 0 aliphatic heterocycles. The highest BCUT2D eigenvalue weighted by Gasteiger charge is 2.34. The van der Waals surface area contributed by atoms with E-state index in [9.17, 15) is 9.59 Å². The minimum atomic E-state index is -0.159. The van der Waals surface area contributed by atoms with Crippen LogP contribution in [0, 0.1) is 18.3 Å². The number of carbonyl (C=O) groups is 2. The van der Waals surface area contributed by atoms with Crippen molar-refractivity contribution in [1.29, 1.82) is 0 Å². The fourth-order valence-corrected chi connectivity index (χ4v) is 5.91. The van der Waals surface area contributed by atoms with E-state index in [0.717, 1.165) is 41.6 Å². The number of hydrogen-bond acceptors (Lipinski definition) is 4. The Hall–Kier alpha value is -2.96. The van der Waals surface area contributed by atoms with Gasteiger partial charge in [-0.25, -0.2) is 0 Å². The van der Waals surface area contributed by atoms with Crippen LogP contribution in [0.2, 0.25) is 0 Å². The van der Waals surface area contributed by atoms with Gasteiger partial charge in [-0.05, 0) is 60.8 Å². The van der Waals surface area contributed by atoms with E-state index in [1.807, 2.05) is 61.5 Å². The number of nitrogens with one attached hydrogen (secondary N) is 3. The standard InChI is InChI=1S/C29H35N3O2S/c1-19-10-13-22(14-11-19)31-27(34)26-23-15-12-21(29(2,3)4)16-24(23)35-28(26)32-25(33)18-30-17-20-8-6-5-7-9-20/h5-11,13-14,21,30H,12,15-18H2,1-4H3,(H,31,34)(H,32,33)/t21-/m1/s1. The number of amides is 2. The molecule has 184 valence electrons. The number of anilines is 2. The number of hydrogen-bond donors (Lipinski definition) is 3. The molecule has 3 N–H and O–H groups in total. The fraction of sp³-hybridized carbons (Fsp3) is 0.379. The first-order chi connectivity index (χ1) is 16.7. The molecule has 0 bridgehead atoms. The van der Waals surface area contributed by atoms with Gasteiger partial charge in [0.2, 0.25) is 5.91 Å². The Bertz CT molecular complexity index is 1180. The van der Waals surface area contributed by atoms with Crippen LogP contribution < -0.4 is 16.0 Å². The van der Waals surface area contributed by atoms with E-state index < -0.39 is 0 Å². The molecule has 0 unspecified atom stereocenters.